The predicted molar refractivity (Wildman–Crippen MR) is 79.5 cm³/mol. The standard InChI is InChI=1S/C16H20BrNO/c17-13-3-4-16-12(7-13)8-14(19-16)9-18-15-6-10-1-2-11(15)5-10/h3-4,7,10-11,14-15,18H,1-2,5-6,8-9H2. The van der Waals surface area contributed by atoms with E-state index in [1.165, 1.54) is 31.2 Å². The van der Waals surface area contributed by atoms with Gasteiger partial charge in [0, 0.05) is 23.5 Å². The van der Waals surface area contributed by atoms with Crippen LogP contribution in [0.5, 0.6) is 5.75 Å². The minimum absolute atomic E-state index is 0.323. The zero-order valence-corrected chi connectivity index (χ0v) is 12.7. The summed E-state index contributed by atoms with van der Waals surface area (Å²) in [5.74, 6) is 3.03. The first kappa shape index (κ1) is 12.2. The van der Waals surface area contributed by atoms with E-state index in [-0.39, 0.29) is 0 Å². The van der Waals surface area contributed by atoms with Gasteiger partial charge in [-0.1, -0.05) is 22.4 Å². The molecule has 1 aromatic rings. The first-order chi connectivity index (χ1) is 9.28. The van der Waals surface area contributed by atoms with Gasteiger partial charge in [0.1, 0.15) is 11.9 Å². The normalized spacial score (nSPS) is 35.4. The van der Waals surface area contributed by atoms with Gasteiger partial charge in [-0.2, -0.15) is 0 Å². The van der Waals surface area contributed by atoms with E-state index in [1.807, 2.05) is 0 Å². The highest BCUT2D eigenvalue weighted by Gasteiger charge is 2.39. The maximum absolute atomic E-state index is 6.02. The average Bonchev–Trinajstić information content (AvgIpc) is 3.09. The molecule has 4 atom stereocenters. The summed E-state index contributed by atoms with van der Waals surface area (Å²) >= 11 is 3.53. The van der Waals surface area contributed by atoms with E-state index in [0.29, 0.717) is 6.10 Å². The fourth-order valence-corrected chi connectivity index (χ4v) is 4.59. The summed E-state index contributed by atoms with van der Waals surface area (Å²) in [6.45, 7) is 1.00. The molecule has 0 amide bonds. The summed E-state index contributed by atoms with van der Waals surface area (Å²) in [5.41, 5.74) is 1.34. The molecule has 0 aromatic heterocycles. The number of ether oxygens (including phenoxy) is 1. The Morgan fingerprint density at radius 1 is 1.26 bits per heavy atom. The molecule has 2 nitrogen and oxygen atoms in total. The van der Waals surface area contributed by atoms with Gasteiger partial charge in [0.25, 0.3) is 0 Å². The molecule has 1 N–H and O–H groups in total. The van der Waals surface area contributed by atoms with Crippen molar-refractivity contribution in [3.63, 3.8) is 0 Å². The third-order valence-electron chi connectivity index (χ3n) is 5.11. The Kier molecular flexibility index (Phi) is 3.07. The van der Waals surface area contributed by atoms with E-state index >= 15 is 0 Å². The molecule has 2 aliphatic carbocycles. The number of rotatable bonds is 3. The van der Waals surface area contributed by atoms with Crippen LogP contribution in [0.15, 0.2) is 22.7 Å². The fourth-order valence-electron chi connectivity index (χ4n) is 4.18. The Hall–Kier alpha value is -0.540. The topological polar surface area (TPSA) is 21.3 Å². The summed E-state index contributed by atoms with van der Waals surface area (Å²) in [4.78, 5) is 0. The first-order valence-electron chi connectivity index (χ1n) is 7.46. The summed E-state index contributed by atoms with van der Waals surface area (Å²) in [6, 6.07) is 7.09. The van der Waals surface area contributed by atoms with Gasteiger partial charge < -0.3 is 10.1 Å². The highest BCUT2D eigenvalue weighted by atomic mass is 79.9. The maximum atomic E-state index is 6.02. The van der Waals surface area contributed by atoms with Gasteiger partial charge >= 0.3 is 0 Å². The van der Waals surface area contributed by atoms with Crippen LogP contribution in [-0.4, -0.2) is 18.7 Å². The Morgan fingerprint density at radius 2 is 2.21 bits per heavy atom. The Morgan fingerprint density at radius 3 is 3.00 bits per heavy atom. The van der Waals surface area contributed by atoms with Crippen molar-refractivity contribution in [1.29, 1.82) is 0 Å². The van der Waals surface area contributed by atoms with Crippen LogP contribution in [-0.2, 0) is 6.42 Å². The van der Waals surface area contributed by atoms with Gasteiger partial charge in [-0.3, -0.25) is 0 Å². The SMILES string of the molecule is Brc1ccc2c(c1)CC(CNC1CC3CCC1C3)O2. The minimum atomic E-state index is 0.323. The summed E-state index contributed by atoms with van der Waals surface area (Å²) in [7, 11) is 0. The highest BCUT2D eigenvalue weighted by molar-refractivity contribution is 9.10. The molecule has 2 fully saturated rings. The number of benzene rings is 1. The number of fused-ring (bicyclic) bond motifs is 3. The minimum Gasteiger partial charge on any atom is -0.488 e. The van der Waals surface area contributed by atoms with Gasteiger partial charge in [-0.05, 0) is 54.9 Å². The largest absolute Gasteiger partial charge is 0.488 e. The average molecular weight is 322 g/mol. The van der Waals surface area contributed by atoms with Crippen molar-refractivity contribution in [2.75, 3.05) is 6.54 Å². The second-order valence-electron chi connectivity index (χ2n) is 6.39. The van der Waals surface area contributed by atoms with E-state index in [4.69, 9.17) is 4.74 Å². The highest BCUT2D eigenvalue weighted by Crippen LogP contribution is 2.44. The van der Waals surface area contributed by atoms with Gasteiger partial charge in [0.2, 0.25) is 0 Å². The van der Waals surface area contributed by atoms with Gasteiger partial charge in [-0.15, -0.1) is 0 Å². The second-order valence-corrected chi connectivity index (χ2v) is 7.30. The van der Waals surface area contributed by atoms with Crippen molar-refractivity contribution in [1.82, 2.24) is 5.32 Å². The molecule has 1 heterocycles. The predicted octanol–water partition coefficient (Wildman–Crippen LogP) is 3.53. The van der Waals surface area contributed by atoms with Crippen LogP contribution in [0.1, 0.15) is 31.2 Å². The molecule has 1 aliphatic heterocycles. The zero-order valence-electron chi connectivity index (χ0n) is 11.1. The van der Waals surface area contributed by atoms with Gasteiger partial charge in [-0.25, -0.2) is 0 Å². The third-order valence-corrected chi connectivity index (χ3v) is 5.60. The van der Waals surface area contributed by atoms with Crippen molar-refractivity contribution in [2.24, 2.45) is 11.8 Å². The monoisotopic (exact) mass is 321 g/mol. The fraction of sp³-hybridized carbons (Fsp3) is 0.625. The van der Waals surface area contributed by atoms with Crippen molar-refractivity contribution in [3.05, 3.63) is 28.2 Å². The number of halogens is 1. The third kappa shape index (κ3) is 2.31. The lowest BCUT2D eigenvalue weighted by Crippen LogP contribution is -2.40. The summed E-state index contributed by atoms with van der Waals surface area (Å²) < 4.78 is 7.17. The van der Waals surface area contributed by atoms with Gasteiger partial charge in [0.15, 0.2) is 0 Å². The molecule has 4 rings (SSSR count). The Bertz CT molecular complexity index is 490. The molecule has 3 heteroatoms. The number of nitrogens with one attached hydrogen (secondary N) is 1. The van der Waals surface area contributed by atoms with Crippen LogP contribution in [0.25, 0.3) is 0 Å². The smallest absolute Gasteiger partial charge is 0.123 e. The van der Waals surface area contributed by atoms with Crippen molar-refractivity contribution < 1.29 is 4.74 Å². The van der Waals surface area contributed by atoms with E-state index in [1.54, 1.807) is 0 Å². The van der Waals surface area contributed by atoms with Crippen molar-refractivity contribution >= 4 is 15.9 Å². The van der Waals surface area contributed by atoms with E-state index in [9.17, 15) is 0 Å². The summed E-state index contributed by atoms with van der Waals surface area (Å²) in [5, 5.41) is 3.77. The quantitative estimate of drug-likeness (QED) is 0.919. The molecule has 1 aromatic carbocycles. The molecule has 4 unspecified atom stereocenters. The Balaban J connectivity index is 1.34. The molecule has 2 saturated carbocycles. The van der Waals surface area contributed by atoms with E-state index < -0.39 is 0 Å². The number of hydrogen-bond acceptors (Lipinski definition) is 2. The van der Waals surface area contributed by atoms with Crippen molar-refractivity contribution in [2.45, 2.75) is 44.2 Å². The molecule has 3 aliphatic rings. The van der Waals surface area contributed by atoms with Crippen LogP contribution in [0.2, 0.25) is 0 Å². The van der Waals surface area contributed by atoms with Crippen LogP contribution >= 0.6 is 15.9 Å². The van der Waals surface area contributed by atoms with E-state index in [2.05, 4.69) is 39.4 Å². The van der Waals surface area contributed by atoms with Crippen LogP contribution in [0.4, 0.5) is 0 Å². The molecule has 19 heavy (non-hydrogen) atoms. The molecular weight excluding hydrogens is 302 g/mol. The number of hydrogen-bond donors (Lipinski definition) is 1. The van der Waals surface area contributed by atoms with E-state index in [0.717, 1.165) is 41.1 Å². The molecule has 0 spiro atoms. The molecule has 102 valence electrons. The second kappa shape index (κ2) is 4.78. The van der Waals surface area contributed by atoms with Crippen molar-refractivity contribution in [3.8, 4) is 5.75 Å². The molecular formula is C16H20BrNO. The van der Waals surface area contributed by atoms with Gasteiger partial charge in [0.05, 0.1) is 0 Å². The molecule has 0 radical (unpaired) electrons. The molecule has 2 bridgehead atoms. The first-order valence-corrected chi connectivity index (χ1v) is 8.25. The zero-order chi connectivity index (χ0) is 12.8. The van der Waals surface area contributed by atoms with Crippen LogP contribution in [0.3, 0.4) is 0 Å². The van der Waals surface area contributed by atoms with Crippen LogP contribution in [0, 0.1) is 11.8 Å². The maximum Gasteiger partial charge on any atom is 0.123 e. The molecule has 0 saturated heterocycles. The summed E-state index contributed by atoms with van der Waals surface area (Å²) in [6.07, 6.45) is 7.15. The Labute approximate surface area is 123 Å². The lowest BCUT2D eigenvalue weighted by atomic mass is 9.95. The lowest BCUT2D eigenvalue weighted by Gasteiger charge is -2.24. The lowest BCUT2D eigenvalue weighted by molar-refractivity contribution is 0.211. The van der Waals surface area contributed by atoms with Crippen LogP contribution < -0.4 is 10.1 Å².